The minimum Gasteiger partial charge on any atom is -0.394 e. The maximum atomic E-state index is 9.10. The Hall–Kier alpha value is -0.630. The van der Waals surface area contributed by atoms with E-state index >= 15 is 0 Å². The van der Waals surface area contributed by atoms with E-state index in [-0.39, 0.29) is 25.2 Å². The molecule has 3 N–H and O–H groups in total. The molecule has 2 unspecified atom stereocenters. The van der Waals surface area contributed by atoms with E-state index < -0.39 is 5.54 Å². The molecule has 0 aromatic rings. The highest BCUT2D eigenvalue weighted by atomic mass is 16.3. The summed E-state index contributed by atoms with van der Waals surface area (Å²) in [6, 6.07) is 2.37. The molecule has 0 amide bonds. The Bertz CT molecular complexity index is 221. The molecule has 1 aliphatic carbocycles. The topological polar surface area (TPSA) is 76.3 Å². The van der Waals surface area contributed by atoms with Gasteiger partial charge in [-0.15, -0.1) is 0 Å². The molecule has 4 heteroatoms. The molecule has 0 spiro atoms. The van der Waals surface area contributed by atoms with Crippen molar-refractivity contribution in [3.8, 4) is 6.07 Å². The zero-order chi connectivity index (χ0) is 10.6. The van der Waals surface area contributed by atoms with E-state index in [0.717, 1.165) is 19.3 Å². The largest absolute Gasteiger partial charge is 0.394 e. The first-order chi connectivity index (χ1) is 6.65. The van der Waals surface area contributed by atoms with Crippen LogP contribution in [0.1, 0.15) is 26.2 Å². The molecule has 14 heavy (non-hydrogen) atoms. The first-order valence-corrected chi connectivity index (χ1v) is 5.04. The van der Waals surface area contributed by atoms with E-state index in [0.29, 0.717) is 0 Å². The molecule has 0 aliphatic heterocycles. The Labute approximate surface area is 84.5 Å². The number of nitriles is 1. The summed E-state index contributed by atoms with van der Waals surface area (Å²) >= 11 is 0. The predicted molar refractivity (Wildman–Crippen MR) is 52.5 cm³/mol. The molecule has 0 bridgehead atoms. The van der Waals surface area contributed by atoms with Crippen molar-refractivity contribution in [2.24, 2.45) is 5.92 Å². The summed E-state index contributed by atoms with van der Waals surface area (Å²) in [6.07, 6.45) is 2.91. The fourth-order valence-corrected chi connectivity index (χ4v) is 1.88. The molecule has 1 fully saturated rings. The standard InChI is InChI=1S/C10H18N2O2/c1-10(6-13,7-14)12-9-4-2-3-8(9)5-11/h8-9,12-14H,2-4,6-7H2,1H3. The summed E-state index contributed by atoms with van der Waals surface area (Å²) in [5.41, 5.74) is -0.663. The van der Waals surface area contributed by atoms with Gasteiger partial charge in [-0.2, -0.15) is 5.26 Å². The summed E-state index contributed by atoms with van der Waals surface area (Å²) in [4.78, 5) is 0. The molecule has 1 aliphatic rings. The first kappa shape index (κ1) is 11.4. The van der Waals surface area contributed by atoms with Gasteiger partial charge < -0.3 is 15.5 Å². The number of nitrogens with zero attached hydrogens (tertiary/aromatic N) is 1. The third kappa shape index (κ3) is 2.44. The van der Waals surface area contributed by atoms with Gasteiger partial charge >= 0.3 is 0 Å². The van der Waals surface area contributed by atoms with Crippen LogP contribution in [0.2, 0.25) is 0 Å². The van der Waals surface area contributed by atoms with Crippen LogP contribution in [-0.4, -0.2) is 35.0 Å². The molecule has 0 saturated heterocycles. The average Bonchev–Trinajstić information content (AvgIpc) is 2.65. The summed E-state index contributed by atoms with van der Waals surface area (Å²) in [5, 5.41) is 30.2. The lowest BCUT2D eigenvalue weighted by Gasteiger charge is -2.31. The van der Waals surface area contributed by atoms with Crippen LogP contribution >= 0.6 is 0 Å². The molecular weight excluding hydrogens is 180 g/mol. The van der Waals surface area contributed by atoms with Gasteiger partial charge in [-0.05, 0) is 19.8 Å². The van der Waals surface area contributed by atoms with Crippen molar-refractivity contribution in [2.75, 3.05) is 13.2 Å². The van der Waals surface area contributed by atoms with E-state index in [9.17, 15) is 0 Å². The second kappa shape index (κ2) is 4.74. The third-order valence-corrected chi connectivity index (χ3v) is 2.91. The minimum atomic E-state index is -0.663. The van der Waals surface area contributed by atoms with Gasteiger partial charge in [0.15, 0.2) is 0 Å². The number of hydrogen-bond acceptors (Lipinski definition) is 4. The zero-order valence-electron chi connectivity index (χ0n) is 8.53. The summed E-state index contributed by atoms with van der Waals surface area (Å²) in [6.45, 7) is 1.54. The molecular formula is C10H18N2O2. The van der Waals surface area contributed by atoms with Gasteiger partial charge in [0.05, 0.1) is 30.7 Å². The van der Waals surface area contributed by atoms with Crippen molar-refractivity contribution in [1.29, 1.82) is 5.26 Å². The number of aliphatic hydroxyl groups excluding tert-OH is 2. The van der Waals surface area contributed by atoms with E-state index in [1.165, 1.54) is 0 Å². The van der Waals surface area contributed by atoms with Crippen LogP contribution in [0.5, 0.6) is 0 Å². The quantitative estimate of drug-likeness (QED) is 0.595. The Morgan fingerprint density at radius 3 is 2.57 bits per heavy atom. The van der Waals surface area contributed by atoms with Gasteiger partial charge in [0.1, 0.15) is 0 Å². The number of nitrogens with one attached hydrogen (secondary N) is 1. The highest BCUT2D eigenvalue weighted by Crippen LogP contribution is 2.26. The van der Waals surface area contributed by atoms with Crippen LogP contribution in [-0.2, 0) is 0 Å². The average molecular weight is 198 g/mol. The Morgan fingerprint density at radius 2 is 2.07 bits per heavy atom. The summed E-state index contributed by atoms with van der Waals surface area (Å²) in [5.74, 6) is 0.0208. The molecule has 1 rings (SSSR count). The van der Waals surface area contributed by atoms with Crippen molar-refractivity contribution < 1.29 is 10.2 Å². The van der Waals surface area contributed by atoms with Crippen molar-refractivity contribution in [3.05, 3.63) is 0 Å². The molecule has 4 nitrogen and oxygen atoms in total. The molecule has 0 radical (unpaired) electrons. The Balaban J connectivity index is 2.54. The van der Waals surface area contributed by atoms with Crippen LogP contribution in [0.3, 0.4) is 0 Å². The third-order valence-electron chi connectivity index (χ3n) is 2.91. The second-order valence-corrected chi connectivity index (χ2v) is 4.29. The number of aliphatic hydroxyl groups is 2. The Kier molecular flexibility index (Phi) is 3.87. The van der Waals surface area contributed by atoms with E-state index in [2.05, 4.69) is 11.4 Å². The van der Waals surface area contributed by atoms with Crippen LogP contribution in [0.15, 0.2) is 0 Å². The van der Waals surface area contributed by atoms with Gasteiger partial charge in [0.2, 0.25) is 0 Å². The SMILES string of the molecule is CC(CO)(CO)NC1CCCC1C#N. The van der Waals surface area contributed by atoms with Crippen molar-refractivity contribution in [3.63, 3.8) is 0 Å². The molecule has 2 atom stereocenters. The Morgan fingerprint density at radius 1 is 1.43 bits per heavy atom. The first-order valence-electron chi connectivity index (χ1n) is 5.04. The number of hydrogen-bond donors (Lipinski definition) is 3. The molecule has 0 aromatic heterocycles. The number of rotatable bonds is 4. The van der Waals surface area contributed by atoms with E-state index in [1.807, 2.05) is 0 Å². The summed E-state index contributed by atoms with van der Waals surface area (Å²) in [7, 11) is 0. The molecule has 1 saturated carbocycles. The van der Waals surface area contributed by atoms with Crippen LogP contribution < -0.4 is 5.32 Å². The molecule has 0 aromatic carbocycles. The van der Waals surface area contributed by atoms with E-state index in [1.54, 1.807) is 6.92 Å². The van der Waals surface area contributed by atoms with Gasteiger partial charge in [-0.25, -0.2) is 0 Å². The van der Waals surface area contributed by atoms with Gasteiger partial charge in [-0.3, -0.25) is 0 Å². The zero-order valence-corrected chi connectivity index (χ0v) is 8.53. The highest BCUT2D eigenvalue weighted by Gasteiger charge is 2.33. The van der Waals surface area contributed by atoms with Crippen molar-refractivity contribution >= 4 is 0 Å². The highest BCUT2D eigenvalue weighted by molar-refractivity contribution is 4.99. The molecule has 80 valence electrons. The maximum Gasteiger partial charge on any atom is 0.0672 e. The lowest BCUT2D eigenvalue weighted by molar-refractivity contribution is 0.0914. The lowest BCUT2D eigenvalue weighted by atomic mass is 9.99. The minimum absolute atomic E-state index is 0.0208. The maximum absolute atomic E-state index is 9.10. The van der Waals surface area contributed by atoms with Crippen LogP contribution in [0.25, 0.3) is 0 Å². The van der Waals surface area contributed by atoms with Crippen molar-refractivity contribution in [1.82, 2.24) is 5.32 Å². The van der Waals surface area contributed by atoms with Gasteiger partial charge in [0.25, 0.3) is 0 Å². The monoisotopic (exact) mass is 198 g/mol. The normalized spacial score (nSPS) is 27.6. The van der Waals surface area contributed by atoms with Gasteiger partial charge in [-0.1, -0.05) is 6.42 Å². The van der Waals surface area contributed by atoms with E-state index in [4.69, 9.17) is 15.5 Å². The predicted octanol–water partition coefficient (Wildman–Crippen LogP) is 0.0116. The molecule has 0 heterocycles. The lowest BCUT2D eigenvalue weighted by Crippen LogP contribution is -2.54. The van der Waals surface area contributed by atoms with Crippen LogP contribution in [0.4, 0.5) is 0 Å². The van der Waals surface area contributed by atoms with Crippen molar-refractivity contribution in [2.45, 2.75) is 37.8 Å². The van der Waals surface area contributed by atoms with Gasteiger partial charge in [0, 0.05) is 6.04 Å². The fraction of sp³-hybridized carbons (Fsp3) is 0.900. The summed E-state index contributed by atoms with van der Waals surface area (Å²) < 4.78 is 0. The second-order valence-electron chi connectivity index (χ2n) is 4.29. The fourth-order valence-electron chi connectivity index (χ4n) is 1.88. The smallest absolute Gasteiger partial charge is 0.0672 e. The van der Waals surface area contributed by atoms with Crippen LogP contribution in [0, 0.1) is 17.2 Å².